The number of furan rings is 1. The van der Waals surface area contributed by atoms with Crippen LogP contribution in [0.3, 0.4) is 0 Å². The molecule has 0 atom stereocenters. The third-order valence-corrected chi connectivity index (χ3v) is 8.80. The van der Waals surface area contributed by atoms with Crippen molar-refractivity contribution in [2.45, 2.75) is 42.1 Å². The molecule has 0 saturated heterocycles. The third-order valence-electron chi connectivity index (χ3n) is 5.60. The van der Waals surface area contributed by atoms with Crippen LogP contribution in [0.1, 0.15) is 26.3 Å². The Morgan fingerprint density at radius 3 is 2.41 bits per heavy atom. The highest BCUT2D eigenvalue weighted by Gasteiger charge is 2.38. The van der Waals surface area contributed by atoms with Crippen molar-refractivity contribution in [3.05, 3.63) is 82.7 Å². The Kier molecular flexibility index (Phi) is 7.27. The smallest absolute Gasteiger partial charge is 0.505 e. The van der Waals surface area contributed by atoms with Gasteiger partial charge in [0.1, 0.15) is 11.1 Å². The molecule has 0 fully saturated rings. The molecule has 0 saturated carbocycles. The Morgan fingerprint density at radius 1 is 1.08 bits per heavy atom. The summed E-state index contributed by atoms with van der Waals surface area (Å²) in [4.78, 5) is 12.3. The van der Waals surface area contributed by atoms with Crippen LogP contribution in [-0.2, 0) is 25.6 Å². The molecule has 2 N–H and O–H groups in total. The monoisotopic (exact) mass is 593 g/mol. The van der Waals surface area contributed by atoms with Gasteiger partial charge in [-0.05, 0) is 56.7 Å². The number of pyridine rings is 1. The minimum Gasteiger partial charge on any atom is -0.711 e. The Balaban J connectivity index is 1.71. The van der Waals surface area contributed by atoms with Gasteiger partial charge in [0, 0.05) is 22.5 Å². The van der Waals surface area contributed by atoms with Gasteiger partial charge in [-0.1, -0.05) is 29.8 Å². The molecule has 206 valence electrons. The van der Waals surface area contributed by atoms with Crippen molar-refractivity contribution in [3.63, 3.8) is 0 Å². The molecule has 0 unspecified atom stereocenters. The summed E-state index contributed by atoms with van der Waals surface area (Å²) in [6.07, 6.45) is -0.387. The van der Waals surface area contributed by atoms with Crippen LogP contribution in [0.2, 0.25) is 5.02 Å². The van der Waals surface area contributed by atoms with Crippen molar-refractivity contribution in [1.82, 2.24) is 0 Å². The van der Waals surface area contributed by atoms with E-state index in [0.717, 1.165) is 29.3 Å². The van der Waals surface area contributed by atoms with Gasteiger partial charge in [0.05, 0.1) is 22.5 Å². The number of aromatic nitrogens is 1. The van der Waals surface area contributed by atoms with E-state index in [-0.39, 0.29) is 27.0 Å². The van der Waals surface area contributed by atoms with Gasteiger partial charge < -0.3 is 14.7 Å². The van der Waals surface area contributed by atoms with Gasteiger partial charge in [0.2, 0.25) is 5.09 Å². The quantitative estimate of drug-likeness (QED) is 0.229. The summed E-state index contributed by atoms with van der Waals surface area (Å²) >= 11 is 6.06. The summed E-state index contributed by atoms with van der Waals surface area (Å²) in [7, 11) is -8.60. The van der Waals surface area contributed by atoms with Crippen LogP contribution in [0.4, 0.5) is 16.3 Å². The molecule has 11 nitrogen and oxygen atoms in total. The first-order valence-electron chi connectivity index (χ1n) is 11.4. The number of halogens is 1. The molecule has 14 heteroatoms. The number of carboxylic acid groups (broad SMARTS) is 1. The molecule has 1 amide bonds. The first-order chi connectivity index (χ1) is 18.1. The molecule has 4 rings (SSSR count). The van der Waals surface area contributed by atoms with Gasteiger partial charge in [0.25, 0.3) is 15.8 Å². The number of hydrogen-bond acceptors (Lipinski definition) is 7. The van der Waals surface area contributed by atoms with Gasteiger partial charge in [-0.15, -0.1) is 0 Å². The standard InChI is InChI=1S/C25H24ClN3O8S2/c1-25(2,3)29(24(30)31)22-12-16(10-11-28(22)32)15-38(33,34)21-9-8-18(26)14-19(21)27-39(35,36)23-13-17-6-4-5-7-20(17)37-23/h4-14,27H,15H2,1-3H3,(H,30,31). The van der Waals surface area contributed by atoms with E-state index in [0.29, 0.717) is 15.7 Å². The topological polar surface area (TPSA) is 161 Å². The second-order valence-corrected chi connectivity index (χ2v) is 13.6. The Hall–Kier alpha value is -3.81. The van der Waals surface area contributed by atoms with Crippen LogP contribution >= 0.6 is 11.6 Å². The summed E-state index contributed by atoms with van der Waals surface area (Å²) in [6, 6.07) is 14.0. The van der Waals surface area contributed by atoms with Gasteiger partial charge in [-0.2, -0.15) is 18.1 Å². The zero-order valence-corrected chi connectivity index (χ0v) is 23.3. The number of benzene rings is 2. The van der Waals surface area contributed by atoms with Gasteiger partial charge >= 0.3 is 6.09 Å². The molecule has 4 aromatic rings. The lowest BCUT2D eigenvalue weighted by Crippen LogP contribution is -2.50. The highest BCUT2D eigenvalue weighted by atomic mass is 35.5. The number of hydrogen-bond donors (Lipinski definition) is 2. The molecule has 0 aliphatic heterocycles. The Labute approximate surface area is 229 Å². The minimum atomic E-state index is -4.35. The largest absolute Gasteiger partial charge is 0.711 e. The average Bonchev–Trinajstić information content (AvgIpc) is 3.25. The van der Waals surface area contributed by atoms with E-state index in [1.807, 2.05) is 0 Å². The van der Waals surface area contributed by atoms with E-state index in [4.69, 9.17) is 16.0 Å². The van der Waals surface area contributed by atoms with Gasteiger partial charge in [-0.3, -0.25) is 4.72 Å². The van der Waals surface area contributed by atoms with E-state index in [1.165, 1.54) is 18.2 Å². The van der Waals surface area contributed by atoms with E-state index in [2.05, 4.69) is 4.72 Å². The SMILES string of the molecule is CC(C)(C)N(C(=O)O)c1cc(CS(=O)(=O)c2ccc(Cl)cc2NS(=O)(=O)c2cc3ccccc3o2)cc[n+]1[O-]. The first kappa shape index (κ1) is 28.2. The molecule has 2 heterocycles. The molecule has 39 heavy (non-hydrogen) atoms. The summed E-state index contributed by atoms with van der Waals surface area (Å²) in [5, 5.41) is 22.3. The van der Waals surface area contributed by atoms with E-state index in [9.17, 15) is 31.9 Å². The van der Waals surface area contributed by atoms with Crippen LogP contribution in [0.5, 0.6) is 0 Å². The number of sulfone groups is 1. The molecule has 2 aromatic carbocycles. The van der Waals surface area contributed by atoms with Crippen molar-refractivity contribution < 1.29 is 35.9 Å². The summed E-state index contributed by atoms with van der Waals surface area (Å²) < 4.78 is 61.1. The minimum absolute atomic E-state index is 0.0768. The second kappa shape index (κ2) is 10.1. The maximum atomic E-state index is 13.5. The van der Waals surface area contributed by atoms with Crippen molar-refractivity contribution in [3.8, 4) is 0 Å². The maximum Gasteiger partial charge on any atom is 0.505 e. The average molecular weight is 594 g/mol. The number of rotatable bonds is 7. The summed E-state index contributed by atoms with van der Waals surface area (Å²) in [5.41, 5.74) is -0.875. The number of nitrogens with zero attached hydrogens (tertiary/aromatic N) is 2. The molecule has 2 aromatic heterocycles. The molecular weight excluding hydrogens is 570 g/mol. The number of para-hydroxylation sites is 1. The fourth-order valence-electron chi connectivity index (χ4n) is 3.93. The summed E-state index contributed by atoms with van der Waals surface area (Å²) in [6.45, 7) is 4.75. The second-order valence-electron chi connectivity index (χ2n) is 9.62. The van der Waals surface area contributed by atoms with Crippen LogP contribution in [0.25, 0.3) is 11.0 Å². The molecule has 0 aliphatic carbocycles. The maximum absolute atomic E-state index is 13.5. The fraction of sp³-hybridized carbons (Fsp3) is 0.200. The molecule has 0 bridgehead atoms. The highest BCUT2D eigenvalue weighted by molar-refractivity contribution is 7.93. The molecule has 0 aliphatic rings. The zero-order chi connectivity index (χ0) is 28.8. The van der Waals surface area contributed by atoms with E-state index in [1.54, 1.807) is 45.0 Å². The lowest BCUT2D eigenvalue weighted by Gasteiger charge is -2.27. The fourth-order valence-corrected chi connectivity index (χ4v) is 6.71. The van der Waals surface area contributed by atoms with E-state index < -0.39 is 42.3 Å². The number of nitrogens with one attached hydrogen (secondary N) is 1. The molecular formula is C25H24ClN3O8S2. The first-order valence-corrected chi connectivity index (χ1v) is 14.9. The van der Waals surface area contributed by atoms with Crippen LogP contribution in [0.15, 0.2) is 81.3 Å². The summed E-state index contributed by atoms with van der Waals surface area (Å²) in [5.74, 6) is -0.955. The van der Waals surface area contributed by atoms with Gasteiger partial charge in [-0.25, -0.2) is 13.1 Å². The normalized spacial score (nSPS) is 12.4. The number of fused-ring (bicyclic) bond motifs is 1. The van der Waals surface area contributed by atoms with Crippen molar-refractivity contribution >= 4 is 60.0 Å². The van der Waals surface area contributed by atoms with E-state index >= 15 is 0 Å². The predicted octanol–water partition coefficient (Wildman–Crippen LogP) is 4.78. The molecule has 0 spiro atoms. The zero-order valence-electron chi connectivity index (χ0n) is 21.0. The third kappa shape index (κ3) is 5.95. The number of amides is 1. The molecule has 0 radical (unpaired) electrons. The number of carbonyl (C=O) groups is 1. The number of anilines is 2. The van der Waals surface area contributed by atoms with Crippen molar-refractivity contribution in [2.75, 3.05) is 9.62 Å². The van der Waals surface area contributed by atoms with Crippen molar-refractivity contribution in [1.29, 1.82) is 0 Å². The van der Waals surface area contributed by atoms with Crippen LogP contribution in [-0.4, -0.2) is 33.6 Å². The van der Waals surface area contributed by atoms with Crippen LogP contribution < -0.4 is 14.4 Å². The number of sulfonamides is 1. The Bertz CT molecular complexity index is 1760. The van der Waals surface area contributed by atoms with Crippen LogP contribution in [0, 0.1) is 5.21 Å². The predicted molar refractivity (Wildman–Crippen MR) is 145 cm³/mol. The van der Waals surface area contributed by atoms with Crippen molar-refractivity contribution in [2.24, 2.45) is 0 Å². The highest BCUT2D eigenvalue weighted by Crippen LogP contribution is 2.32. The Morgan fingerprint density at radius 2 is 1.77 bits per heavy atom. The lowest BCUT2D eigenvalue weighted by molar-refractivity contribution is -0.592. The lowest BCUT2D eigenvalue weighted by atomic mass is 10.1. The van der Waals surface area contributed by atoms with Gasteiger partial charge in [0.15, 0.2) is 9.84 Å².